The number of aryl methyl sites for hydroxylation is 2. The van der Waals surface area contributed by atoms with E-state index in [-0.39, 0.29) is 5.56 Å². The van der Waals surface area contributed by atoms with E-state index in [1.54, 1.807) is 7.11 Å². The lowest BCUT2D eigenvalue weighted by atomic mass is 10.1. The molecule has 0 atom stereocenters. The number of ether oxygens (including phenoxy) is 1. The molecule has 1 aromatic heterocycles. The molecule has 7 heteroatoms. The van der Waals surface area contributed by atoms with Crippen LogP contribution >= 0.6 is 11.3 Å². The lowest BCUT2D eigenvalue weighted by molar-refractivity contribution is 0.102. The Hall–Kier alpha value is -2.80. The second kappa shape index (κ2) is 7.21. The number of carbonyl (C=O) groups is 1. The number of halogens is 2. The summed E-state index contributed by atoms with van der Waals surface area (Å²) in [5.74, 6) is -1.54. The van der Waals surface area contributed by atoms with Gasteiger partial charge in [0.25, 0.3) is 5.91 Å². The van der Waals surface area contributed by atoms with Crippen molar-refractivity contribution >= 4 is 22.4 Å². The van der Waals surface area contributed by atoms with Crippen LogP contribution in [0.15, 0.2) is 36.4 Å². The number of thiazole rings is 1. The number of nitrogens with one attached hydrogen (secondary N) is 1. The van der Waals surface area contributed by atoms with E-state index >= 15 is 0 Å². The van der Waals surface area contributed by atoms with Gasteiger partial charge in [-0.05, 0) is 49.7 Å². The third-order valence-electron chi connectivity index (χ3n) is 3.86. The van der Waals surface area contributed by atoms with Crippen LogP contribution in [0, 0.1) is 25.5 Å². The summed E-state index contributed by atoms with van der Waals surface area (Å²) in [7, 11) is 1.61. The summed E-state index contributed by atoms with van der Waals surface area (Å²) in [6.45, 7) is 3.82. The molecule has 4 nitrogen and oxygen atoms in total. The SMILES string of the molecule is COc1ccc(-c2nc(NC(=O)c3ccc(F)cc3F)sc2C)cc1C. The molecule has 1 N–H and O–H groups in total. The monoisotopic (exact) mass is 374 g/mol. The Balaban J connectivity index is 1.86. The molecule has 0 spiro atoms. The van der Waals surface area contributed by atoms with Crippen molar-refractivity contribution < 1.29 is 18.3 Å². The van der Waals surface area contributed by atoms with Crippen LogP contribution in [0.25, 0.3) is 11.3 Å². The first-order chi connectivity index (χ1) is 12.4. The highest BCUT2D eigenvalue weighted by molar-refractivity contribution is 7.16. The molecule has 0 saturated heterocycles. The molecule has 3 rings (SSSR count). The Morgan fingerprint density at radius 2 is 1.92 bits per heavy atom. The van der Waals surface area contributed by atoms with Gasteiger partial charge >= 0.3 is 0 Å². The Morgan fingerprint density at radius 1 is 1.15 bits per heavy atom. The van der Waals surface area contributed by atoms with Gasteiger partial charge < -0.3 is 4.74 Å². The molecule has 0 aliphatic carbocycles. The Kier molecular flexibility index (Phi) is 4.99. The molecular weight excluding hydrogens is 358 g/mol. The third-order valence-corrected chi connectivity index (χ3v) is 4.75. The van der Waals surface area contributed by atoms with E-state index in [1.807, 2.05) is 32.0 Å². The van der Waals surface area contributed by atoms with Gasteiger partial charge in [0.05, 0.1) is 18.4 Å². The summed E-state index contributed by atoms with van der Waals surface area (Å²) in [5.41, 5.74) is 2.36. The van der Waals surface area contributed by atoms with Crippen LogP contribution in [0.5, 0.6) is 5.75 Å². The maximum absolute atomic E-state index is 13.7. The summed E-state index contributed by atoms with van der Waals surface area (Å²) in [6.07, 6.45) is 0. The molecule has 0 radical (unpaired) electrons. The summed E-state index contributed by atoms with van der Waals surface area (Å²) in [4.78, 5) is 17.6. The highest BCUT2D eigenvalue weighted by Gasteiger charge is 2.16. The van der Waals surface area contributed by atoms with Crippen LogP contribution in [-0.4, -0.2) is 18.0 Å². The lowest BCUT2D eigenvalue weighted by Gasteiger charge is -2.06. The van der Waals surface area contributed by atoms with Gasteiger partial charge in [-0.2, -0.15) is 0 Å². The van der Waals surface area contributed by atoms with Crippen molar-refractivity contribution in [3.63, 3.8) is 0 Å². The van der Waals surface area contributed by atoms with E-state index in [0.29, 0.717) is 11.2 Å². The second-order valence-corrected chi connectivity index (χ2v) is 6.89. The zero-order valence-corrected chi connectivity index (χ0v) is 15.2. The zero-order chi connectivity index (χ0) is 18.8. The number of hydrogen-bond acceptors (Lipinski definition) is 4. The maximum Gasteiger partial charge on any atom is 0.260 e. The van der Waals surface area contributed by atoms with Crippen LogP contribution in [0.2, 0.25) is 0 Å². The molecule has 0 fully saturated rings. The summed E-state index contributed by atoms with van der Waals surface area (Å²) in [6, 6.07) is 8.51. The highest BCUT2D eigenvalue weighted by Crippen LogP contribution is 2.33. The lowest BCUT2D eigenvalue weighted by Crippen LogP contribution is -2.13. The van der Waals surface area contributed by atoms with Crippen molar-refractivity contribution in [1.82, 2.24) is 4.98 Å². The molecule has 1 heterocycles. The van der Waals surface area contributed by atoms with E-state index < -0.39 is 17.5 Å². The number of rotatable bonds is 4. The largest absolute Gasteiger partial charge is 0.496 e. The molecule has 0 aliphatic rings. The predicted molar refractivity (Wildman–Crippen MR) is 97.9 cm³/mol. The molecular formula is C19H16F2N2O2S. The Bertz CT molecular complexity index is 986. The van der Waals surface area contributed by atoms with E-state index in [2.05, 4.69) is 10.3 Å². The molecule has 1 amide bonds. The average Bonchev–Trinajstić information content (AvgIpc) is 2.94. The average molecular weight is 374 g/mol. The first kappa shape index (κ1) is 18.0. The fourth-order valence-corrected chi connectivity index (χ4v) is 3.41. The van der Waals surface area contributed by atoms with Gasteiger partial charge in [-0.15, -0.1) is 11.3 Å². The van der Waals surface area contributed by atoms with Gasteiger partial charge in [0.15, 0.2) is 5.13 Å². The third kappa shape index (κ3) is 3.57. The zero-order valence-electron chi connectivity index (χ0n) is 14.4. The standard InChI is InChI=1S/C19H16F2N2O2S/c1-10-8-12(4-7-16(10)25-3)17-11(2)26-19(22-17)23-18(24)14-6-5-13(20)9-15(14)21/h4-9H,1-3H3,(H,22,23,24). The minimum absolute atomic E-state index is 0.235. The van der Waals surface area contributed by atoms with Crippen LogP contribution < -0.4 is 10.1 Å². The molecule has 0 unspecified atom stereocenters. The molecule has 0 aliphatic heterocycles. The number of amides is 1. The van der Waals surface area contributed by atoms with Crippen LogP contribution in [-0.2, 0) is 0 Å². The van der Waals surface area contributed by atoms with Crippen molar-refractivity contribution in [2.75, 3.05) is 12.4 Å². The fourth-order valence-electron chi connectivity index (χ4n) is 2.58. The van der Waals surface area contributed by atoms with Gasteiger partial charge in [0, 0.05) is 16.5 Å². The molecule has 26 heavy (non-hydrogen) atoms. The fraction of sp³-hybridized carbons (Fsp3) is 0.158. The number of methoxy groups -OCH3 is 1. The normalized spacial score (nSPS) is 10.7. The molecule has 3 aromatic rings. The summed E-state index contributed by atoms with van der Waals surface area (Å²) >= 11 is 1.29. The maximum atomic E-state index is 13.7. The molecule has 0 saturated carbocycles. The Morgan fingerprint density at radius 3 is 2.58 bits per heavy atom. The number of aromatic nitrogens is 1. The molecule has 0 bridgehead atoms. The van der Waals surface area contributed by atoms with Gasteiger partial charge in [0.2, 0.25) is 0 Å². The quantitative estimate of drug-likeness (QED) is 0.702. The minimum atomic E-state index is -0.915. The number of anilines is 1. The highest BCUT2D eigenvalue weighted by atomic mass is 32.1. The van der Waals surface area contributed by atoms with Crippen molar-refractivity contribution in [2.45, 2.75) is 13.8 Å². The number of nitrogens with zero attached hydrogens (tertiary/aromatic N) is 1. The number of carbonyl (C=O) groups excluding carboxylic acids is 1. The van der Waals surface area contributed by atoms with E-state index in [9.17, 15) is 13.6 Å². The smallest absolute Gasteiger partial charge is 0.260 e. The van der Waals surface area contributed by atoms with Gasteiger partial charge in [-0.3, -0.25) is 10.1 Å². The van der Waals surface area contributed by atoms with Gasteiger partial charge in [-0.25, -0.2) is 13.8 Å². The topological polar surface area (TPSA) is 51.2 Å². The predicted octanol–water partition coefficient (Wildman–Crippen LogP) is 4.97. The Labute approximate surface area is 153 Å². The van der Waals surface area contributed by atoms with Crippen LogP contribution in [0.3, 0.4) is 0 Å². The van der Waals surface area contributed by atoms with E-state index in [1.165, 1.54) is 11.3 Å². The summed E-state index contributed by atoms with van der Waals surface area (Å²) < 4.78 is 32.0. The minimum Gasteiger partial charge on any atom is -0.496 e. The number of benzene rings is 2. The second-order valence-electron chi connectivity index (χ2n) is 5.69. The van der Waals surface area contributed by atoms with E-state index in [4.69, 9.17) is 4.74 Å². The van der Waals surface area contributed by atoms with Crippen LogP contribution in [0.1, 0.15) is 20.8 Å². The number of hydrogen-bond donors (Lipinski definition) is 1. The van der Waals surface area contributed by atoms with Gasteiger partial charge in [-0.1, -0.05) is 0 Å². The van der Waals surface area contributed by atoms with Crippen LogP contribution in [0.4, 0.5) is 13.9 Å². The first-order valence-electron chi connectivity index (χ1n) is 7.78. The van der Waals surface area contributed by atoms with Crippen molar-refractivity contribution in [1.29, 1.82) is 0 Å². The van der Waals surface area contributed by atoms with Gasteiger partial charge in [0.1, 0.15) is 17.4 Å². The summed E-state index contributed by atoms with van der Waals surface area (Å²) in [5, 5.41) is 2.91. The molecule has 134 valence electrons. The van der Waals surface area contributed by atoms with E-state index in [0.717, 1.165) is 39.6 Å². The van der Waals surface area contributed by atoms with Crippen molar-refractivity contribution in [3.8, 4) is 17.0 Å². The van der Waals surface area contributed by atoms with Crippen molar-refractivity contribution in [3.05, 3.63) is 64.0 Å². The molecule has 2 aromatic carbocycles. The van der Waals surface area contributed by atoms with Crippen molar-refractivity contribution in [2.24, 2.45) is 0 Å². The first-order valence-corrected chi connectivity index (χ1v) is 8.59.